The number of nitrogens with zero attached hydrogens (tertiary/aromatic N) is 3. The van der Waals surface area contributed by atoms with Gasteiger partial charge in [0.2, 0.25) is 0 Å². The van der Waals surface area contributed by atoms with Crippen molar-refractivity contribution in [1.29, 1.82) is 0 Å². The highest BCUT2D eigenvalue weighted by atomic mass is 15.0. The number of rotatable bonds is 3. The molecule has 2 heterocycles. The van der Waals surface area contributed by atoms with Gasteiger partial charge in [-0.25, -0.2) is 4.98 Å². The van der Waals surface area contributed by atoms with Crippen LogP contribution < -0.4 is 5.32 Å². The van der Waals surface area contributed by atoms with Gasteiger partial charge in [0.15, 0.2) is 0 Å². The maximum Gasteiger partial charge on any atom is 0.144 e. The molecule has 1 aliphatic carbocycles. The summed E-state index contributed by atoms with van der Waals surface area (Å²) in [4.78, 5) is 13.1. The van der Waals surface area contributed by atoms with Gasteiger partial charge >= 0.3 is 0 Å². The van der Waals surface area contributed by atoms with Crippen molar-refractivity contribution in [2.24, 2.45) is 0 Å². The van der Waals surface area contributed by atoms with Gasteiger partial charge in [-0.2, -0.15) is 0 Å². The first-order valence-electron chi connectivity index (χ1n) is 5.83. The fourth-order valence-corrected chi connectivity index (χ4v) is 1.80. The van der Waals surface area contributed by atoms with Crippen LogP contribution >= 0.6 is 0 Å². The zero-order valence-corrected chi connectivity index (χ0v) is 9.72. The molecule has 17 heavy (non-hydrogen) atoms. The molecular formula is C13H14N4. The van der Waals surface area contributed by atoms with Gasteiger partial charge in [0.1, 0.15) is 5.82 Å². The molecule has 1 saturated carbocycles. The van der Waals surface area contributed by atoms with E-state index in [1.807, 2.05) is 13.2 Å². The molecule has 0 amide bonds. The third-order valence-corrected chi connectivity index (χ3v) is 2.97. The van der Waals surface area contributed by atoms with Crippen molar-refractivity contribution in [3.05, 3.63) is 36.4 Å². The standard InChI is InChI=1S/C13H14N4/c1-14-13-8-15-7-12(17-13)10-4-5-11(16-6-10)9-2-3-9/h4-9H,2-3H2,1H3,(H,14,17). The monoisotopic (exact) mass is 226 g/mol. The summed E-state index contributed by atoms with van der Waals surface area (Å²) >= 11 is 0. The summed E-state index contributed by atoms with van der Waals surface area (Å²) in [5.41, 5.74) is 3.07. The Morgan fingerprint density at radius 3 is 2.71 bits per heavy atom. The largest absolute Gasteiger partial charge is 0.372 e. The average molecular weight is 226 g/mol. The van der Waals surface area contributed by atoms with Gasteiger partial charge in [-0.3, -0.25) is 9.97 Å². The lowest BCUT2D eigenvalue weighted by molar-refractivity contribution is 1.02. The molecule has 1 N–H and O–H groups in total. The minimum Gasteiger partial charge on any atom is -0.372 e. The number of hydrogen-bond donors (Lipinski definition) is 1. The highest BCUT2D eigenvalue weighted by Crippen LogP contribution is 2.39. The molecule has 0 radical (unpaired) electrons. The topological polar surface area (TPSA) is 50.7 Å². The first kappa shape index (κ1) is 10.2. The molecule has 0 aliphatic heterocycles. The molecular weight excluding hydrogens is 212 g/mol. The summed E-state index contributed by atoms with van der Waals surface area (Å²) in [5, 5.41) is 2.98. The fraction of sp³-hybridized carbons (Fsp3) is 0.308. The number of pyridine rings is 1. The Hall–Kier alpha value is -1.97. The van der Waals surface area contributed by atoms with E-state index in [2.05, 4.69) is 32.4 Å². The van der Waals surface area contributed by atoms with Gasteiger partial charge in [0, 0.05) is 30.4 Å². The van der Waals surface area contributed by atoms with Gasteiger partial charge in [-0.15, -0.1) is 0 Å². The lowest BCUT2D eigenvalue weighted by Crippen LogP contribution is -1.95. The fourth-order valence-electron chi connectivity index (χ4n) is 1.80. The predicted octanol–water partition coefficient (Wildman–Crippen LogP) is 2.46. The summed E-state index contributed by atoms with van der Waals surface area (Å²) < 4.78 is 0. The van der Waals surface area contributed by atoms with E-state index in [9.17, 15) is 0 Å². The Labute approximate surface area is 100 Å². The van der Waals surface area contributed by atoms with Crippen molar-refractivity contribution in [2.75, 3.05) is 12.4 Å². The van der Waals surface area contributed by atoms with E-state index in [0.717, 1.165) is 17.1 Å². The summed E-state index contributed by atoms with van der Waals surface area (Å²) in [6.45, 7) is 0. The van der Waals surface area contributed by atoms with Crippen LogP contribution in [0.4, 0.5) is 5.82 Å². The predicted molar refractivity (Wildman–Crippen MR) is 66.8 cm³/mol. The van der Waals surface area contributed by atoms with E-state index < -0.39 is 0 Å². The molecule has 0 unspecified atom stereocenters. The Kier molecular flexibility index (Phi) is 2.48. The van der Waals surface area contributed by atoms with Gasteiger partial charge < -0.3 is 5.32 Å². The van der Waals surface area contributed by atoms with E-state index in [0.29, 0.717) is 5.92 Å². The molecule has 0 atom stereocenters. The number of nitrogens with one attached hydrogen (secondary N) is 1. The third-order valence-electron chi connectivity index (χ3n) is 2.97. The minimum atomic E-state index is 0.693. The smallest absolute Gasteiger partial charge is 0.144 e. The molecule has 1 fully saturated rings. The van der Waals surface area contributed by atoms with Crippen LogP contribution in [0.15, 0.2) is 30.7 Å². The van der Waals surface area contributed by atoms with Crippen molar-refractivity contribution in [3.8, 4) is 11.3 Å². The maximum absolute atomic E-state index is 4.48. The molecule has 2 aromatic rings. The molecule has 4 heteroatoms. The van der Waals surface area contributed by atoms with Crippen molar-refractivity contribution < 1.29 is 0 Å². The number of aromatic nitrogens is 3. The van der Waals surface area contributed by atoms with Crippen molar-refractivity contribution in [2.45, 2.75) is 18.8 Å². The second kappa shape index (κ2) is 4.13. The van der Waals surface area contributed by atoms with Crippen LogP contribution in [0, 0.1) is 0 Å². The normalized spacial score (nSPS) is 14.6. The van der Waals surface area contributed by atoms with Crippen LogP contribution in [0.2, 0.25) is 0 Å². The maximum atomic E-state index is 4.48. The SMILES string of the molecule is CNc1cncc(-c2ccc(C3CC3)nc2)n1. The zero-order valence-electron chi connectivity index (χ0n) is 9.72. The van der Waals surface area contributed by atoms with Crippen molar-refractivity contribution in [1.82, 2.24) is 15.0 Å². The molecule has 2 aromatic heterocycles. The third kappa shape index (κ3) is 2.11. The van der Waals surface area contributed by atoms with E-state index >= 15 is 0 Å². The summed E-state index contributed by atoms with van der Waals surface area (Å²) in [5.74, 6) is 1.47. The summed E-state index contributed by atoms with van der Waals surface area (Å²) in [7, 11) is 1.84. The van der Waals surface area contributed by atoms with E-state index in [1.165, 1.54) is 18.5 Å². The quantitative estimate of drug-likeness (QED) is 0.873. The van der Waals surface area contributed by atoms with Crippen molar-refractivity contribution >= 4 is 5.82 Å². The highest BCUT2D eigenvalue weighted by molar-refractivity contribution is 5.58. The zero-order chi connectivity index (χ0) is 11.7. The molecule has 4 nitrogen and oxygen atoms in total. The van der Waals surface area contributed by atoms with Crippen LogP contribution in [-0.2, 0) is 0 Å². The molecule has 0 aromatic carbocycles. The van der Waals surface area contributed by atoms with Crippen LogP contribution in [0.25, 0.3) is 11.3 Å². The molecule has 86 valence electrons. The minimum absolute atomic E-state index is 0.693. The molecule has 3 rings (SSSR count). The van der Waals surface area contributed by atoms with Gasteiger partial charge in [0.25, 0.3) is 0 Å². The van der Waals surface area contributed by atoms with Crippen LogP contribution in [-0.4, -0.2) is 22.0 Å². The average Bonchev–Trinajstić information content (AvgIpc) is 3.23. The Balaban J connectivity index is 1.91. The number of anilines is 1. The first-order valence-corrected chi connectivity index (χ1v) is 5.83. The molecule has 0 bridgehead atoms. The number of hydrogen-bond acceptors (Lipinski definition) is 4. The second-order valence-electron chi connectivity index (χ2n) is 4.29. The molecule has 1 aliphatic rings. The Bertz CT molecular complexity index is 517. The Morgan fingerprint density at radius 2 is 2.06 bits per heavy atom. The van der Waals surface area contributed by atoms with Crippen molar-refractivity contribution in [3.63, 3.8) is 0 Å². The molecule has 0 saturated heterocycles. The van der Waals surface area contributed by atoms with Crippen LogP contribution in [0.1, 0.15) is 24.5 Å². The van der Waals surface area contributed by atoms with Gasteiger partial charge in [-0.05, 0) is 25.0 Å². The summed E-state index contributed by atoms with van der Waals surface area (Å²) in [6, 6.07) is 4.17. The van der Waals surface area contributed by atoms with E-state index in [1.54, 1.807) is 12.4 Å². The van der Waals surface area contributed by atoms with Gasteiger partial charge in [0.05, 0.1) is 18.1 Å². The van der Waals surface area contributed by atoms with Crippen LogP contribution in [0.3, 0.4) is 0 Å². The summed E-state index contributed by atoms with van der Waals surface area (Å²) in [6.07, 6.45) is 7.91. The lowest BCUT2D eigenvalue weighted by atomic mass is 10.2. The Morgan fingerprint density at radius 1 is 1.18 bits per heavy atom. The van der Waals surface area contributed by atoms with Crippen LogP contribution in [0.5, 0.6) is 0 Å². The first-order chi connectivity index (χ1) is 8.36. The lowest BCUT2D eigenvalue weighted by Gasteiger charge is -2.04. The highest BCUT2D eigenvalue weighted by Gasteiger charge is 2.24. The molecule has 0 spiro atoms. The second-order valence-corrected chi connectivity index (χ2v) is 4.29. The van der Waals surface area contributed by atoms with E-state index in [4.69, 9.17) is 0 Å². The van der Waals surface area contributed by atoms with E-state index in [-0.39, 0.29) is 0 Å². The van der Waals surface area contributed by atoms with Gasteiger partial charge in [-0.1, -0.05) is 0 Å².